The minimum absolute atomic E-state index is 0.0267. The zero-order valence-corrected chi connectivity index (χ0v) is 20.3. The van der Waals surface area contributed by atoms with Crippen LogP contribution in [0.1, 0.15) is 30.0 Å². The fraction of sp³-hybridized carbons (Fsp3) is 0.250. The number of carbonyl (C=O) groups is 2. The zero-order valence-electron chi connectivity index (χ0n) is 18.0. The van der Waals surface area contributed by atoms with Gasteiger partial charge in [0, 0.05) is 29.7 Å². The van der Waals surface area contributed by atoms with Crippen molar-refractivity contribution in [3.05, 3.63) is 56.8 Å². The van der Waals surface area contributed by atoms with E-state index in [0.29, 0.717) is 20.5 Å². The Morgan fingerprint density at radius 1 is 1.26 bits per heavy atom. The zero-order chi connectivity index (χ0) is 25.5. The van der Waals surface area contributed by atoms with Crippen LogP contribution < -0.4 is 20.4 Å². The molecule has 0 fully saturated rings. The van der Waals surface area contributed by atoms with Crippen LogP contribution in [0.25, 0.3) is 17.1 Å². The molecule has 3 amide bonds. The molecule has 35 heavy (non-hydrogen) atoms. The van der Waals surface area contributed by atoms with Gasteiger partial charge in [0.1, 0.15) is 11.9 Å². The van der Waals surface area contributed by atoms with Crippen molar-refractivity contribution in [3.8, 4) is 5.82 Å². The Kier molecular flexibility index (Phi) is 6.75. The number of rotatable bonds is 4. The van der Waals surface area contributed by atoms with Crippen molar-refractivity contribution in [2.45, 2.75) is 32.2 Å². The van der Waals surface area contributed by atoms with Crippen molar-refractivity contribution >= 4 is 57.9 Å². The summed E-state index contributed by atoms with van der Waals surface area (Å²) in [6, 6.07) is 2.61. The molecule has 0 saturated carbocycles. The Hall–Kier alpha value is -3.16. The number of carbonyl (C=O) groups excluding carboxylic acids is 2. The summed E-state index contributed by atoms with van der Waals surface area (Å²) < 4.78 is 45.6. The lowest BCUT2D eigenvalue weighted by Crippen LogP contribution is -2.56. The first-order valence-corrected chi connectivity index (χ1v) is 11.5. The van der Waals surface area contributed by atoms with Gasteiger partial charge in [-0.25, -0.2) is 14.5 Å². The van der Waals surface area contributed by atoms with Crippen LogP contribution in [0.3, 0.4) is 0 Å². The standard InChI is InChI=1S/C20H16Cl2F3N7O2S/c1-9(2)28-19(34)31-8-10-7-27-35-15(10)14(22)17(31)29-18(33)12-6-13(20(23,24)25)30-32(12)16-11(21)4-3-5-26-16/h3-9,17H,1-2H3,(H,28,34)(H,29,33). The van der Waals surface area contributed by atoms with Crippen molar-refractivity contribution in [3.63, 3.8) is 0 Å². The molecule has 1 aliphatic heterocycles. The second-order valence-corrected chi connectivity index (χ2v) is 9.22. The Labute approximate surface area is 210 Å². The predicted molar refractivity (Wildman–Crippen MR) is 123 cm³/mol. The van der Waals surface area contributed by atoms with E-state index in [2.05, 4.69) is 25.1 Å². The number of hydrogen-bond donors (Lipinski definition) is 2. The average molecular weight is 546 g/mol. The number of nitrogens with one attached hydrogen (secondary N) is 2. The van der Waals surface area contributed by atoms with E-state index in [1.165, 1.54) is 30.7 Å². The lowest BCUT2D eigenvalue weighted by molar-refractivity contribution is -0.141. The third kappa shape index (κ3) is 4.97. The van der Waals surface area contributed by atoms with Gasteiger partial charge in [-0.15, -0.1) is 0 Å². The third-order valence-corrected chi connectivity index (χ3v) is 6.35. The number of halogens is 5. The molecular formula is C20H16Cl2F3N7O2S. The maximum absolute atomic E-state index is 13.4. The lowest BCUT2D eigenvalue weighted by Gasteiger charge is -2.31. The summed E-state index contributed by atoms with van der Waals surface area (Å²) in [4.78, 5) is 31.2. The molecule has 4 heterocycles. The van der Waals surface area contributed by atoms with Crippen molar-refractivity contribution in [2.75, 3.05) is 0 Å². The monoisotopic (exact) mass is 545 g/mol. The van der Waals surface area contributed by atoms with Gasteiger partial charge in [0.05, 0.1) is 20.8 Å². The Morgan fingerprint density at radius 3 is 2.66 bits per heavy atom. The normalized spacial score (nSPS) is 15.6. The first-order chi connectivity index (χ1) is 16.5. The van der Waals surface area contributed by atoms with Gasteiger partial charge in [0.2, 0.25) is 0 Å². The van der Waals surface area contributed by atoms with Gasteiger partial charge in [-0.1, -0.05) is 23.2 Å². The SMILES string of the molecule is CC(C)NC(=O)N1C=c2cnsc2=C(Cl)C1NC(=O)c1cc(C(F)(F)F)nn1-c1ncccc1Cl. The summed E-state index contributed by atoms with van der Waals surface area (Å²) in [5.74, 6) is -1.18. The summed E-state index contributed by atoms with van der Waals surface area (Å²) in [5, 5.41) is 9.30. The first kappa shape index (κ1) is 24.9. The molecule has 2 N–H and O–H groups in total. The van der Waals surface area contributed by atoms with Crippen LogP contribution in [-0.4, -0.2) is 48.2 Å². The molecule has 9 nitrogen and oxygen atoms in total. The molecule has 3 aromatic heterocycles. The molecule has 1 atom stereocenters. The van der Waals surface area contributed by atoms with Crippen LogP contribution in [0.5, 0.6) is 0 Å². The van der Waals surface area contributed by atoms with E-state index in [0.717, 1.165) is 16.4 Å². The second kappa shape index (κ2) is 9.47. The maximum Gasteiger partial charge on any atom is 0.435 e. The van der Waals surface area contributed by atoms with Gasteiger partial charge in [-0.2, -0.15) is 22.6 Å². The minimum atomic E-state index is -4.84. The van der Waals surface area contributed by atoms with E-state index in [9.17, 15) is 22.8 Å². The van der Waals surface area contributed by atoms with Gasteiger partial charge in [0.15, 0.2) is 11.5 Å². The molecular weight excluding hydrogens is 530 g/mol. The fourth-order valence-electron chi connectivity index (χ4n) is 3.20. The van der Waals surface area contributed by atoms with E-state index in [1.807, 2.05) is 0 Å². The number of nitrogens with zero attached hydrogens (tertiary/aromatic N) is 5. The Morgan fingerprint density at radius 2 is 2.00 bits per heavy atom. The Balaban J connectivity index is 1.77. The maximum atomic E-state index is 13.4. The molecule has 0 radical (unpaired) electrons. The number of pyridine rings is 1. The van der Waals surface area contributed by atoms with Crippen LogP contribution in [-0.2, 0) is 6.18 Å². The quantitative estimate of drug-likeness (QED) is 0.524. The third-order valence-electron chi connectivity index (χ3n) is 4.70. The number of fused-ring (bicyclic) bond motifs is 1. The molecule has 0 bridgehead atoms. The molecule has 0 spiro atoms. The number of aromatic nitrogens is 4. The minimum Gasteiger partial charge on any atom is -0.335 e. The van der Waals surface area contributed by atoms with Crippen molar-refractivity contribution in [1.82, 2.24) is 34.7 Å². The molecule has 3 aromatic rings. The molecule has 4 rings (SSSR count). The van der Waals surface area contributed by atoms with E-state index >= 15 is 0 Å². The highest BCUT2D eigenvalue weighted by Gasteiger charge is 2.38. The number of alkyl halides is 3. The summed E-state index contributed by atoms with van der Waals surface area (Å²) >= 11 is 13.7. The molecule has 0 aromatic carbocycles. The van der Waals surface area contributed by atoms with E-state index in [-0.39, 0.29) is 21.9 Å². The Bertz CT molecular complexity index is 1420. The van der Waals surface area contributed by atoms with Crippen molar-refractivity contribution in [2.24, 2.45) is 0 Å². The molecule has 184 valence electrons. The van der Waals surface area contributed by atoms with E-state index in [1.54, 1.807) is 13.8 Å². The molecule has 1 unspecified atom stereocenters. The summed E-state index contributed by atoms with van der Waals surface area (Å²) in [7, 11) is 0. The highest BCUT2D eigenvalue weighted by atomic mass is 35.5. The van der Waals surface area contributed by atoms with Gasteiger partial charge < -0.3 is 10.6 Å². The number of amides is 3. The van der Waals surface area contributed by atoms with Crippen LogP contribution in [0.2, 0.25) is 5.02 Å². The van der Waals surface area contributed by atoms with E-state index < -0.39 is 35.7 Å². The highest BCUT2D eigenvalue weighted by Crippen LogP contribution is 2.30. The first-order valence-electron chi connectivity index (χ1n) is 9.97. The number of urea groups is 1. The largest absolute Gasteiger partial charge is 0.435 e. The summed E-state index contributed by atoms with van der Waals surface area (Å²) in [6.45, 7) is 3.48. The highest BCUT2D eigenvalue weighted by molar-refractivity contribution is 7.04. The van der Waals surface area contributed by atoms with Gasteiger partial charge in [0.25, 0.3) is 5.91 Å². The molecule has 0 saturated heterocycles. The molecule has 1 aliphatic rings. The summed E-state index contributed by atoms with van der Waals surface area (Å²) in [5.41, 5.74) is -1.84. The summed E-state index contributed by atoms with van der Waals surface area (Å²) in [6.07, 6.45) is -1.83. The van der Waals surface area contributed by atoms with E-state index in [4.69, 9.17) is 23.2 Å². The van der Waals surface area contributed by atoms with Gasteiger partial charge in [-0.3, -0.25) is 9.69 Å². The fourth-order valence-corrected chi connectivity index (χ4v) is 4.45. The van der Waals surface area contributed by atoms with Crippen molar-refractivity contribution in [1.29, 1.82) is 0 Å². The predicted octanol–water partition coefficient (Wildman–Crippen LogP) is 2.67. The van der Waals surface area contributed by atoms with Crippen LogP contribution >= 0.6 is 34.7 Å². The van der Waals surface area contributed by atoms with Crippen LogP contribution in [0.4, 0.5) is 18.0 Å². The molecule has 0 aliphatic carbocycles. The van der Waals surface area contributed by atoms with Crippen LogP contribution in [0.15, 0.2) is 30.6 Å². The molecule has 15 heteroatoms. The second-order valence-electron chi connectivity index (χ2n) is 7.61. The number of hydrogen-bond acceptors (Lipinski definition) is 6. The topological polar surface area (TPSA) is 105 Å². The van der Waals surface area contributed by atoms with Crippen LogP contribution in [0, 0.1) is 0 Å². The van der Waals surface area contributed by atoms with Gasteiger partial charge >= 0.3 is 12.2 Å². The average Bonchev–Trinajstić information content (AvgIpc) is 3.42. The smallest absolute Gasteiger partial charge is 0.335 e. The lowest BCUT2D eigenvalue weighted by atomic mass is 10.2. The van der Waals surface area contributed by atoms with Gasteiger partial charge in [-0.05, 0) is 37.5 Å². The van der Waals surface area contributed by atoms with Crippen molar-refractivity contribution < 1.29 is 22.8 Å².